The first-order valence-corrected chi connectivity index (χ1v) is 7.38. The SMILES string of the molecule is CNC(Cc1cccc(Br)c1)c1cscc1C. The van der Waals surface area contributed by atoms with E-state index in [-0.39, 0.29) is 0 Å². The lowest BCUT2D eigenvalue weighted by atomic mass is 9.99. The van der Waals surface area contributed by atoms with Gasteiger partial charge in [0.1, 0.15) is 0 Å². The molecule has 0 bridgehead atoms. The molecule has 0 saturated carbocycles. The molecule has 1 heterocycles. The van der Waals surface area contributed by atoms with E-state index in [4.69, 9.17) is 0 Å². The third-order valence-electron chi connectivity index (χ3n) is 2.95. The molecule has 1 unspecified atom stereocenters. The van der Waals surface area contributed by atoms with E-state index in [9.17, 15) is 0 Å². The first kappa shape index (κ1) is 12.8. The minimum absolute atomic E-state index is 0.399. The number of hydrogen-bond donors (Lipinski definition) is 1. The second kappa shape index (κ2) is 5.80. The van der Waals surface area contributed by atoms with E-state index in [1.165, 1.54) is 16.7 Å². The molecule has 2 aromatic rings. The van der Waals surface area contributed by atoms with Crippen molar-refractivity contribution in [3.8, 4) is 0 Å². The summed E-state index contributed by atoms with van der Waals surface area (Å²) < 4.78 is 1.15. The lowest BCUT2D eigenvalue weighted by Crippen LogP contribution is -2.19. The van der Waals surface area contributed by atoms with Gasteiger partial charge in [-0.25, -0.2) is 0 Å². The number of thiophene rings is 1. The van der Waals surface area contributed by atoms with Crippen LogP contribution < -0.4 is 5.32 Å². The Balaban J connectivity index is 2.19. The topological polar surface area (TPSA) is 12.0 Å². The molecule has 0 spiro atoms. The zero-order valence-corrected chi connectivity index (χ0v) is 12.4. The highest BCUT2D eigenvalue weighted by molar-refractivity contribution is 9.10. The maximum absolute atomic E-state index is 3.52. The summed E-state index contributed by atoms with van der Waals surface area (Å²) in [6, 6.07) is 8.92. The van der Waals surface area contributed by atoms with Crippen LogP contribution in [0.5, 0.6) is 0 Å². The Bertz CT molecular complexity index is 492. The molecule has 0 amide bonds. The molecule has 1 nitrogen and oxygen atoms in total. The predicted octanol–water partition coefficient (Wildman–Crippen LogP) is 4.32. The Morgan fingerprint density at radius 1 is 1.35 bits per heavy atom. The maximum Gasteiger partial charge on any atom is 0.0369 e. The summed E-state index contributed by atoms with van der Waals surface area (Å²) >= 11 is 5.29. The van der Waals surface area contributed by atoms with Crippen molar-refractivity contribution < 1.29 is 0 Å². The van der Waals surface area contributed by atoms with Crippen LogP contribution in [0.25, 0.3) is 0 Å². The van der Waals surface area contributed by atoms with E-state index in [1.54, 1.807) is 11.3 Å². The first-order chi connectivity index (χ1) is 8.20. The van der Waals surface area contributed by atoms with E-state index in [0.717, 1.165) is 10.9 Å². The number of hydrogen-bond acceptors (Lipinski definition) is 2. The largest absolute Gasteiger partial charge is 0.313 e. The van der Waals surface area contributed by atoms with E-state index in [0.29, 0.717) is 6.04 Å². The van der Waals surface area contributed by atoms with Crippen molar-refractivity contribution in [1.82, 2.24) is 5.32 Å². The van der Waals surface area contributed by atoms with Crippen LogP contribution in [-0.2, 0) is 6.42 Å². The molecule has 1 aromatic heterocycles. The normalized spacial score (nSPS) is 12.6. The standard InChI is InChI=1S/C14H16BrNS/c1-10-8-17-9-13(10)14(16-2)7-11-4-3-5-12(15)6-11/h3-6,8-9,14,16H,7H2,1-2H3. The summed E-state index contributed by atoms with van der Waals surface area (Å²) in [6.07, 6.45) is 1.02. The second-order valence-corrected chi connectivity index (χ2v) is 5.84. The van der Waals surface area contributed by atoms with Crippen molar-refractivity contribution in [3.63, 3.8) is 0 Å². The molecule has 0 saturated heterocycles. The van der Waals surface area contributed by atoms with Gasteiger partial charge >= 0.3 is 0 Å². The van der Waals surface area contributed by atoms with Crippen molar-refractivity contribution in [2.75, 3.05) is 7.05 Å². The molecule has 1 N–H and O–H groups in total. The number of nitrogens with one attached hydrogen (secondary N) is 1. The molecule has 1 aromatic carbocycles. The summed E-state index contributed by atoms with van der Waals surface area (Å²) in [5, 5.41) is 7.86. The van der Waals surface area contributed by atoms with Crippen LogP contribution in [0.3, 0.4) is 0 Å². The highest BCUT2D eigenvalue weighted by atomic mass is 79.9. The fourth-order valence-corrected chi connectivity index (χ4v) is 3.35. The minimum atomic E-state index is 0.399. The Morgan fingerprint density at radius 2 is 2.18 bits per heavy atom. The zero-order valence-electron chi connectivity index (χ0n) is 10.0. The van der Waals surface area contributed by atoms with Crippen LogP contribution in [0.4, 0.5) is 0 Å². The average molecular weight is 310 g/mol. The van der Waals surface area contributed by atoms with Gasteiger partial charge in [-0.05, 0) is 60.0 Å². The van der Waals surface area contributed by atoms with E-state index >= 15 is 0 Å². The van der Waals surface area contributed by atoms with Crippen LogP contribution >= 0.6 is 27.3 Å². The lowest BCUT2D eigenvalue weighted by molar-refractivity contribution is 0.591. The molecule has 17 heavy (non-hydrogen) atoms. The van der Waals surface area contributed by atoms with E-state index < -0.39 is 0 Å². The van der Waals surface area contributed by atoms with Gasteiger partial charge < -0.3 is 5.32 Å². The molecule has 0 aliphatic rings. The molecule has 1 atom stereocenters. The van der Waals surface area contributed by atoms with Gasteiger partial charge in [0.2, 0.25) is 0 Å². The van der Waals surface area contributed by atoms with E-state index in [1.807, 2.05) is 7.05 Å². The molecule has 0 aliphatic heterocycles. The van der Waals surface area contributed by atoms with Crippen molar-refractivity contribution in [3.05, 3.63) is 56.2 Å². The van der Waals surface area contributed by atoms with Crippen LogP contribution in [0.1, 0.15) is 22.7 Å². The number of aryl methyl sites for hydroxylation is 1. The molecule has 0 aliphatic carbocycles. The summed E-state index contributed by atoms with van der Waals surface area (Å²) in [5.41, 5.74) is 4.14. The molecule has 2 rings (SSSR count). The summed E-state index contributed by atoms with van der Waals surface area (Å²) in [7, 11) is 2.03. The van der Waals surface area contributed by atoms with Gasteiger partial charge in [-0.15, -0.1) is 0 Å². The van der Waals surface area contributed by atoms with Crippen LogP contribution in [0, 0.1) is 6.92 Å². The average Bonchev–Trinajstić information content (AvgIpc) is 2.72. The number of halogens is 1. The molecule has 0 fully saturated rings. The van der Waals surface area contributed by atoms with Crippen LogP contribution in [0.15, 0.2) is 39.5 Å². The fourth-order valence-electron chi connectivity index (χ4n) is 1.99. The molecule has 3 heteroatoms. The van der Waals surface area contributed by atoms with Gasteiger partial charge in [-0.3, -0.25) is 0 Å². The number of likely N-dealkylation sites (N-methyl/N-ethyl adjacent to an activating group) is 1. The maximum atomic E-state index is 3.52. The highest BCUT2D eigenvalue weighted by Crippen LogP contribution is 2.25. The molecular weight excluding hydrogens is 294 g/mol. The van der Waals surface area contributed by atoms with Crippen LogP contribution in [-0.4, -0.2) is 7.05 Å². The molecular formula is C14H16BrNS. The number of rotatable bonds is 4. The Morgan fingerprint density at radius 3 is 2.76 bits per heavy atom. The second-order valence-electron chi connectivity index (χ2n) is 4.19. The van der Waals surface area contributed by atoms with Crippen molar-refractivity contribution in [2.24, 2.45) is 0 Å². The fraction of sp³-hybridized carbons (Fsp3) is 0.286. The third kappa shape index (κ3) is 3.18. The lowest BCUT2D eigenvalue weighted by Gasteiger charge is -2.16. The van der Waals surface area contributed by atoms with Gasteiger partial charge in [-0.2, -0.15) is 11.3 Å². The molecule has 0 radical (unpaired) electrons. The summed E-state index contributed by atoms with van der Waals surface area (Å²) in [6.45, 7) is 2.18. The minimum Gasteiger partial charge on any atom is -0.313 e. The van der Waals surface area contributed by atoms with Crippen molar-refractivity contribution in [1.29, 1.82) is 0 Å². The Kier molecular flexibility index (Phi) is 4.37. The van der Waals surface area contributed by atoms with Gasteiger partial charge in [0, 0.05) is 10.5 Å². The van der Waals surface area contributed by atoms with Gasteiger partial charge in [-0.1, -0.05) is 28.1 Å². The quantitative estimate of drug-likeness (QED) is 0.886. The predicted molar refractivity (Wildman–Crippen MR) is 78.7 cm³/mol. The van der Waals surface area contributed by atoms with Gasteiger partial charge in [0.25, 0.3) is 0 Å². The monoisotopic (exact) mass is 309 g/mol. The van der Waals surface area contributed by atoms with Crippen molar-refractivity contribution in [2.45, 2.75) is 19.4 Å². The summed E-state index contributed by atoms with van der Waals surface area (Å²) in [5.74, 6) is 0. The van der Waals surface area contributed by atoms with Gasteiger partial charge in [0.05, 0.1) is 0 Å². The van der Waals surface area contributed by atoms with Crippen LogP contribution in [0.2, 0.25) is 0 Å². The van der Waals surface area contributed by atoms with Crippen molar-refractivity contribution >= 4 is 27.3 Å². The third-order valence-corrected chi connectivity index (χ3v) is 4.32. The Hall–Kier alpha value is -0.640. The highest BCUT2D eigenvalue weighted by Gasteiger charge is 2.13. The summed E-state index contributed by atoms with van der Waals surface area (Å²) in [4.78, 5) is 0. The van der Waals surface area contributed by atoms with Gasteiger partial charge in [0.15, 0.2) is 0 Å². The van der Waals surface area contributed by atoms with E-state index in [2.05, 4.69) is 63.2 Å². The zero-order chi connectivity index (χ0) is 12.3. The smallest absolute Gasteiger partial charge is 0.0369 e. The first-order valence-electron chi connectivity index (χ1n) is 5.65. The Labute approximate surface area is 115 Å². The molecule has 90 valence electrons. The number of benzene rings is 1.